The summed E-state index contributed by atoms with van der Waals surface area (Å²) in [5.74, 6) is -3.46. The molecule has 0 spiro atoms. The predicted octanol–water partition coefficient (Wildman–Crippen LogP) is -0.748. The highest BCUT2D eigenvalue weighted by atomic mass is 16.4. The Morgan fingerprint density at radius 3 is 2.28 bits per heavy atom. The minimum absolute atomic E-state index is 0.00531. The van der Waals surface area contributed by atoms with Crippen LogP contribution in [0.25, 0.3) is 10.9 Å². The normalized spacial score (nSPS) is 14.0. The number of rotatable bonds is 16. The van der Waals surface area contributed by atoms with Crippen LogP contribution in [0.3, 0.4) is 0 Å². The van der Waals surface area contributed by atoms with E-state index in [9.17, 15) is 24.3 Å². The van der Waals surface area contributed by atoms with E-state index >= 15 is 0 Å². The third-order valence-electron chi connectivity index (χ3n) is 6.92. The van der Waals surface area contributed by atoms with Gasteiger partial charge in [0.25, 0.3) is 0 Å². The molecule has 0 fully saturated rings. The van der Waals surface area contributed by atoms with Crippen molar-refractivity contribution in [3.8, 4) is 0 Å². The first-order valence-corrected chi connectivity index (χ1v) is 13.9. The molecular formula is C28H40N10O5. The number of imidazole rings is 1. The fourth-order valence-corrected chi connectivity index (χ4v) is 4.43. The number of nitrogens with two attached hydrogens (primary N) is 3. The molecular weight excluding hydrogens is 556 g/mol. The number of hydrogen-bond acceptors (Lipinski definition) is 7. The van der Waals surface area contributed by atoms with Gasteiger partial charge in [-0.15, -0.1) is 0 Å². The van der Waals surface area contributed by atoms with Crippen LogP contribution < -0.4 is 33.2 Å². The van der Waals surface area contributed by atoms with Crippen LogP contribution in [0.2, 0.25) is 0 Å². The maximum Gasteiger partial charge on any atom is 0.326 e. The van der Waals surface area contributed by atoms with Gasteiger partial charge in [0.2, 0.25) is 17.7 Å². The van der Waals surface area contributed by atoms with Gasteiger partial charge in [0.1, 0.15) is 18.1 Å². The Labute approximate surface area is 248 Å². The van der Waals surface area contributed by atoms with Crippen LogP contribution in [-0.4, -0.2) is 80.4 Å². The Kier molecular flexibility index (Phi) is 11.6. The van der Waals surface area contributed by atoms with Gasteiger partial charge in [-0.3, -0.25) is 19.4 Å². The van der Waals surface area contributed by atoms with E-state index in [0.29, 0.717) is 17.7 Å². The minimum atomic E-state index is -1.28. The monoisotopic (exact) mass is 596 g/mol. The first kappa shape index (κ1) is 32.6. The maximum absolute atomic E-state index is 13.5. The van der Waals surface area contributed by atoms with Crippen molar-refractivity contribution >= 4 is 40.6 Å². The second kappa shape index (κ2) is 15.3. The van der Waals surface area contributed by atoms with E-state index in [1.807, 2.05) is 24.3 Å². The molecule has 12 N–H and O–H groups in total. The lowest BCUT2D eigenvalue weighted by atomic mass is 10.0. The Bertz CT molecular complexity index is 1410. The zero-order valence-electron chi connectivity index (χ0n) is 24.2. The van der Waals surface area contributed by atoms with Gasteiger partial charge in [-0.2, -0.15) is 0 Å². The van der Waals surface area contributed by atoms with E-state index in [0.717, 1.165) is 10.9 Å². The summed E-state index contributed by atoms with van der Waals surface area (Å²) in [6, 6.07) is 3.00. The molecule has 2 aromatic heterocycles. The molecule has 232 valence electrons. The quantitative estimate of drug-likeness (QED) is 0.0571. The molecule has 0 aliphatic carbocycles. The number of carbonyl (C=O) groups is 4. The highest BCUT2D eigenvalue weighted by Crippen LogP contribution is 2.19. The Morgan fingerprint density at radius 2 is 1.63 bits per heavy atom. The number of benzene rings is 1. The number of carbonyl (C=O) groups excluding carboxylic acids is 3. The van der Waals surface area contributed by atoms with Gasteiger partial charge in [0.15, 0.2) is 5.96 Å². The second-order valence-corrected chi connectivity index (χ2v) is 10.6. The van der Waals surface area contributed by atoms with Crippen molar-refractivity contribution in [1.82, 2.24) is 30.9 Å². The minimum Gasteiger partial charge on any atom is -0.480 e. The van der Waals surface area contributed by atoms with Crippen molar-refractivity contribution in [2.45, 2.75) is 63.7 Å². The van der Waals surface area contributed by atoms with Gasteiger partial charge in [-0.1, -0.05) is 32.0 Å². The van der Waals surface area contributed by atoms with Gasteiger partial charge in [0, 0.05) is 48.4 Å². The van der Waals surface area contributed by atoms with Gasteiger partial charge in [-0.05, 0) is 30.4 Å². The fourth-order valence-electron chi connectivity index (χ4n) is 4.43. The molecule has 0 aliphatic heterocycles. The van der Waals surface area contributed by atoms with Crippen LogP contribution in [0.1, 0.15) is 37.9 Å². The zero-order chi connectivity index (χ0) is 31.5. The molecule has 3 aromatic rings. The smallest absolute Gasteiger partial charge is 0.326 e. The SMILES string of the molecule is CC(C)C(N)C(=O)NC(Cc1cnc[nH]1)C(=O)NC(CCCN=C(N)N)C(=O)NC(Cc1c[nH]c2ccccc12)C(=O)O. The molecule has 15 heteroatoms. The highest BCUT2D eigenvalue weighted by molar-refractivity contribution is 5.94. The third-order valence-corrected chi connectivity index (χ3v) is 6.92. The summed E-state index contributed by atoms with van der Waals surface area (Å²) in [4.78, 5) is 65.8. The lowest BCUT2D eigenvalue weighted by Crippen LogP contribution is -2.58. The topological polar surface area (TPSA) is 259 Å². The summed E-state index contributed by atoms with van der Waals surface area (Å²) in [6.07, 6.45) is 5.08. The number of H-pyrrole nitrogens is 2. The molecule has 0 aliphatic rings. The molecule has 43 heavy (non-hydrogen) atoms. The number of aliphatic imine (C=N–C) groups is 1. The van der Waals surface area contributed by atoms with Crippen molar-refractivity contribution < 1.29 is 24.3 Å². The van der Waals surface area contributed by atoms with Crippen molar-refractivity contribution in [1.29, 1.82) is 0 Å². The van der Waals surface area contributed by atoms with Crippen molar-refractivity contribution in [2.75, 3.05) is 6.54 Å². The Hall–Kier alpha value is -4.92. The van der Waals surface area contributed by atoms with E-state index in [1.54, 1.807) is 20.0 Å². The lowest BCUT2D eigenvalue weighted by molar-refractivity contribution is -0.142. The number of amides is 3. The standard InChI is InChI=1S/C28H40N10O5/c1-15(2)23(29)26(41)37-21(11-17-13-32-14-35-17)25(40)36-20(8-5-9-33-28(30)31)24(39)38-22(27(42)43)10-16-12-34-19-7-4-3-6-18(16)19/h3-4,6-7,12-15,20-23,34H,5,8-11,29H2,1-2H3,(H,32,35)(H,36,40)(H,37,41)(H,38,39)(H,42,43)(H4,30,31,33). The fraction of sp³-hybridized carbons (Fsp3) is 0.429. The summed E-state index contributed by atoms with van der Waals surface area (Å²) in [7, 11) is 0. The van der Waals surface area contributed by atoms with Crippen LogP contribution >= 0.6 is 0 Å². The summed E-state index contributed by atoms with van der Waals surface area (Å²) < 4.78 is 0. The van der Waals surface area contributed by atoms with E-state index < -0.39 is 47.9 Å². The van der Waals surface area contributed by atoms with Crippen LogP contribution in [0, 0.1) is 5.92 Å². The van der Waals surface area contributed by atoms with E-state index in [1.165, 1.54) is 12.5 Å². The predicted molar refractivity (Wildman–Crippen MR) is 160 cm³/mol. The molecule has 1 aromatic carbocycles. The van der Waals surface area contributed by atoms with Crippen molar-refractivity contribution in [3.05, 3.63) is 54.2 Å². The van der Waals surface area contributed by atoms with Crippen molar-refractivity contribution in [2.24, 2.45) is 28.1 Å². The Balaban J connectivity index is 1.79. The molecule has 0 saturated heterocycles. The maximum atomic E-state index is 13.5. The molecule has 15 nitrogen and oxygen atoms in total. The van der Waals surface area contributed by atoms with E-state index in [-0.39, 0.29) is 37.7 Å². The van der Waals surface area contributed by atoms with Crippen LogP contribution in [0.15, 0.2) is 48.0 Å². The second-order valence-electron chi connectivity index (χ2n) is 10.6. The molecule has 3 amide bonds. The summed E-state index contributed by atoms with van der Waals surface area (Å²) in [5.41, 5.74) is 18.9. The van der Waals surface area contributed by atoms with Crippen LogP contribution in [0.4, 0.5) is 0 Å². The number of hydrogen-bond donors (Lipinski definition) is 9. The highest BCUT2D eigenvalue weighted by Gasteiger charge is 2.31. The number of aromatic nitrogens is 3. The molecule has 0 saturated carbocycles. The summed E-state index contributed by atoms with van der Waals surface area (Å²) >= 11 is 0. The largest absolute Gasteiger partial charge is 0.480 e. The number of nitrogens with zero attached hydrogens (tertiary/aromatic N) is 2. The number of aliphatic carboxylic acids is 1. The first-order valence-electron chi connectivity index (χ1n) is 13.9. The molecule has 0 radical (unpaired) electrons. The van der Waals surface area contributed by atoms with Gasteiger partial charge in [0.05, 0.1) is 12.4 Å². The van der Waals surface area contributed by atoms with E-state index in [2.05, 4.69) is 35.9 Å². The number of para-hydroxylation sites is 1. The van der Waals surface area contributed by atoms with Crippen LogP contribution in [0.5, 0.6) is 0 Å². The van der Waals surface area contributed by atoms with Crippen LogP contribution in [-0.2, 0) is 32.0 Å². The molecule has 2 heterocycles. The number of nitrogens with one attached hydrogen (secondary N) is 5. The first-order chi connectivity index (χ1) is 20.5. The third kappa shape index (κ3) is 9.56. The number of guanidine groups is 1. The number of aromatic amines is 2. The molecule has 0 bridgehead atoms. The average molecular weight is 597 g/mol. The van der Waals surface area contributed by atoms with Gasteiger partial charge >= 0.3 is 5.97 Å². The number of carboxylic acids is 1. The van der Waals surface area contributed by atoms with Gasteiger partial charge in [-0.25, -0.2) is 9.78 Å². The zero-order valence-corrected chi connectivity index (χ0v) is 24.2. The van der Waals surface area contributed by atoms with Crippen molar-refractivity contribution in [3.63, 3.8) is 0 Å². The molecule has 4 unspecified atom stereocenters. The lowest BCUT2D eigenvalue weighted by Gasteiger charge is -2.25. The molecule has 3 rings (SSSR count). The van der Waals surface area contributed by atoms with E-state index in [4.69, 9.17) is 17.2 Å². The van der Waals surface area contributed by atoms with Gasteiger partial charge < -0.3 is 48.2 Å². The Morgan fingerprint density at radius 1 is 0.953 bits per heavy atom. The molecule has 4 atom stereocenters. The summed E-state index contributed by atoms with van der Waals surface area (Å²) in [5, 5.41) is 18.7. The average Bonchev–Trinajstić information content (AvgIpc) is 3.63. The number of fused-ring (bicyclic) bond motifs is 1. The number of carboxylic acid groups (broad SMARTS) is 1. The summed E-state index contributed by atoms with van der Waals surface area (Å²) in [6.45, 7) is 3.73.